The summed E-state index contributed by atoms with van der Waals surface area (Å²) in [5.41, 5.74) is -3.03. The quantitative estimate of drug-likeness (QED) is 0.362. The van der Waals surface area contributed by atoms with Crippen molar-refractivity contribution in [1.82, 2.24) is 20.0 Å². The van der Waals surface area contributed by atoms with Crippen molar-refractivity contribution in [2.45, 2.75) is 38.5 Å². The number of aliphatic hydroxyl groups is 1. The van der Waals surface area contributed by atoms with E-state index in [-0.39, 0.29) is 33.8 Å². The van der Waals surface area contributed by atoms with Crippen LogP contribution in [-0.2, 0) is 17.5 Å². The molecule has 3 heterocycles. The van der Waals surface area contributed by atoms with Crippen molar-refractivity contribution >= 4 is 45.8 Å². The van der Waals surface area contributed by atoms with Gasteiger partial charge in [0.1, 0.15) is 22.5 Å². The molecule has 1 atom stereocenters. The maximum Gasteiger partial charge on any atom is 0.410 e. The SMILES string of the molecule is Cn1nc2c3c(c([N+](=O)[O-])cc2c1C1=CCN(C(=O)OC(C)(C)C)CC1)C(O)(c1cc(F)ccc1Cl)NC3=O. The highest BCUT2D eigenvalue weighted by molar-refractivity contribution is 6.31. The molecule has 0 bridgehead atoms. The van der Waals surface area contributed by atoms with Gasteiger partial charge in [0.25, 0.3) is 11.6 Å². The zero-order valence-electron chi connectivity index (χ0n) is 21.5. The van der Waals surface area contributed by atoms with Crippen LogP contribution in [0.15, 0.2) is 30.3 Å². The summed E-state index contributed by atoms with van der Waals surface area (Å²) >= 11 is 6.22. The molecule has 11 nitrogen and oxygen atoms in total. The number of nitrogens with zero attached hydrogens (tertiary/aromatic N) is 4. The number of aryl methyl sites for hydroxylation is 1. The number of ether oxygens (including phenoxy) is 1. The van der Waals surface area contributed by atoms with Crippen molar-refractivity contribution in [2.24, 2.45) is 7.05 Å². The third-order valence-corrected chi connectivity index (χ3v) is 7.00. The van der Waals surface area contributed by atoms with Crippen LogP contribution in [0.25, 0.3) is 16.5 Å². The molecule has 0 spiro atoms. The van der Waals surface area contributed by atoms with Crippen molar-refractivity contribution in [3.63, 3.8) is 0 Å². The van der Waals surface area contributed by atoms with E-state index < -0.39 is 39.8 Å². The van der Waals surface area contributed by atoms with Gasteiger partial charge < -0.3 is 20.1 Å². The monoisotopic (exact) mass is 557 g/mol. The summed E-state index contributed by atoms with van der Waals surface area (Å²) in [6, 6.07) is 4.42. The third kappa shape index (κ3) is 4.39. The molecule has 2 N–H and O–H groups in total. The Morgan fingerprint density at radius 3 is 2.67 bits per heavy atom. The number of amides is 2. The van der Waals surface area contributed by atoms with Crippen LogP contribution in [0.3, 0.4) is 0 Å². The highest BCUT2D eigenvalue weighted by Gasteiger charge is 2.51. The van der Waals surface area contributed by atoms with Crippen LogP contribution in [0, 0.1) is 15.9 Å². The topological polar surface area (TPSA) is 140 Å². The van der Waals surface area contributed by atoms with E-state index in [2.05, 4.69) is 10.4 Å². The van der Waals surface area contributed by atoms with E-state index in [1.54, 1.807) is 32.7 Å². The minimum absolute atomic E-state index is 0.0925. The number of aromatic nitrogens is 2. The Bertz CT molecular complexity index is 1610. The van der Waals surface area contributed by atoms with E-state index in [4.69, 9.17) is 16.3 Å². The zero-order chi connectivity index (χ0) is 28.4. The van der Waals surface area contributed by atoms with Crippen molar-refractivity contribution in [3.05, 3.63) is 73.7 Å². The molecule has 1 unspecified atom stereocenters. The molecule has 2 aromatic carbocycles. The highest BCUT2D eigenvalue weighted by Crippen LogP contribution is 2.47. The first-order chi connectivity index (χ1) is 18.2. The number of fused-ring (bicyclic) bond motifs is 3. The minimum atomic E-state index is -2.46. The first-order valence-corrected chi connectivity index (χ1v) is 12.5. The molecule has 0 fully saturated rings. The van der Waals surface area contributed by atoms with Crippen LogP contribution in [0.1, 0.15) is 54.4 Å². The maximum absolute atomic E-state index is 14.1. The summed E-state index contributed by atoms with van der Waals surface area (Å²) in [6.07, 6.45) is 1.77. The lowest BCUT2D eigenvalue weighted by Crippen LogP contribution is -2.40. The van der Waals surface area contributed by atoms with Crippen molar-refractivity contribution in [2.75, 3.05) is 13.1 Å². The number of nitro groups is 1. The largest absolute Gasteiger partial charge is 0.444 e. The first-order valence-electron chi connectivity index (χ1n) is 12.1. The van der Waals surface area contributed by atoms with Crippen molar-refractivity contribution in [3.8, 4) is 0 Å². The lowest BCUT2D eigenvalue weighted by molar-refractivity contribution is -0.386. The lowest BCUT2D eigenvalue weighted by atomic mass is 9.90. The van der Waals surface area contributed by atoms with Gasteiger partial charge in [0, 0.05) is 42.2 Å². The third-order valence-electron chi connectivity index (χ3n) is 6.67. The van der Waals surface area contributed by atoms with Gasteiger partial charge in [0.05, 0.1) is 16.2 Å². The molecule has 204 valence electrons. The first kappa shape index (κ1) is 26.6. The molecule has 13 heteroatoms. The average molecular weight is 558 g/mol. The van der Waals surface area contributed by atoms with Crippen LogP contribution >= 0.6 is 11.6 Å². The molecule has 2 aliphatic heterocycles. The Hall–Kier alpha value is -4.03. The van der Waals surface area contributed by atoms with Crippen LogP contribution in [-0.4, -0.2) is 55.4 Å². The molecule has 5 rings (SSSR count). The molecule has 0 saturated carbocycles. The number of carbonyl (C=O) groups is 2. The van der Waals surface area contributed by atoms with E-state index in [0.717, 1.165) is 17.7 Å². The molecular formula is C26H25ClFN5O6. The number of halogens is 2. The van der Waals surface area contributed by atoms with Gasteiger partial charge in [0.2, 0.25) is 5.72 Å². The molecular weight excluding hydrogens is 533 g/mol. The van der Waals surface area contributed by atoms with Gasteiger partial charge in [-0.3, -0.25) is 19.6 Å². The van der Waals surface area contributed by atoms with E-state index >= 15 is 0 Å². The van der Waals surface area contributed by atoms with E-state index in [0.29, 0.717) is 24.0 Å². The minimum Gasteiger partial charge on any atom is -0.444 e. The summed E-state index contributed by atoms with van der Waals surface area (Å²) in [6.45, 7) is 5.94. The Kier molecular flexibility index (Phi) is 6.15. The predicted octanol–water partition coefficient (Wildman–Crippen LogP) is 4.24. The molecule has 3 aromatic rings. The average Bonchev–Trinajstić information content (AvgIpc) is 3.32. The lowest BCUT2D eigenvalue weighted by Gasteiger charge is -2.29. The number of benzene rings is 2. The van der Waals surface area contributed by atoms with E-state index in [1.165, 1.54) is 16.8 Å². The zero-order valence-corrected chi connectivity index (χ0v) is 22.3. The van der Waals surface area contributed by atoms with E-state index in [9.17, 15) is 29.2 Å². The summed E-state index contributed by atoms with van der Waals surface area (Å²) in [5, 5.41) is 30.9. The Morgan fingerprint density at radius 1 is 1.33 bits per heavy atom. The number of hydrogen-bond donors (Lipinski definition) is 2. The molecule has 0 aliphatic carbocycles. The summed E-state index contributed by atoms with van der Waals surface area (Å²) in [4.78, 5) is 38.8. The van der Waals surface area contributed by atoms with Gasteiger partial charge in [-0.2, -0.15) is 5.10 Å². The fraction of sp³-hybridized carbons (Fsp3) is 0.346. The van der Waals surface area contributed by atoms with Crippen molar-refractivity contribution < 1.29 is 28.7 Å². The highest BCUT2D eigenvalue weighted by atomic mass is 35.5. The number of carbonyl (C=O) groups excluding carboxylic acids is 2. The molecule has 0 radical (unpaired) electrons. The van der Waals surface area contributed by atoms with Gasteiger partial charge in [-0.05, 0) is 51.0 Å². The second kappa shape index (κ2) is 9.02. The summed E-state index contributed by atoms with van der Waals surface area (Å²) < 4.78 is 21.0. The van der Waals surface area contributed by atoms with Crippen LogP contribution in [0.5, 0.6) is 0 Å². The number of rotatable bonds is 3. The maximum atomic E-state index is 14.1. The number of nitro benzene ring substituents is 1. The van der Waals surface area contributed by atoms with Gasteiger partial charge in [-0.15, -0.1) is 0 Å². The second-order valence-corrected chi connectivity index (χ2v) is 10.9. The standard InChI is InChI=1S/C26H25ClFN5O6/c1-25(2,3)39-24(35)32-9-7-13(8-10-32)22-15-12-18(33(37)38)20-19(21(15)30-31(22)4)23(34)29-26(20,36)16-11-14(28)5-6-17(16)27/h5-7,11-12,36H,8-10H2,1-4H3,(H,29,34). The normalized spacial score (nSPS) is 19.1. The van der Waals surface area contributed by atoms with Gasteiger partial charge in [-0.1, -0.05) is 17.7 Å². The van der Waals surface area contributed by atoms with Crippen LogP contribution in [0.4, 0.5) is 14.9 Å². The smallest absolute Gasteiger partial charge is 0.410 e. The molecule has 39 heavy (non-hydrogen) atoms. The van der Waals surface area contributed by atoms with Gasteiger partial charge >= 0.3 is 6.09 Å². The Balaban J connectivity index is 1.65. The number of nitrogens with one attached hydrogen (secondary N) is 1. The molecule has 0 saturated heterocycles. The second-order valence-electron chi connectivity index (χ2n) is 10.5. The molecule has 2 aliphatic rings. The van der Waals surface area contributed by atoms with Crippen LogP contribution in [0.2, 0.25) is 5.02 Å². The van der Waals surface area contributed by atoms with E-state index in [1.807, 2.05) is 6.08 Å². The van der Waals surface area contributed by atoms with Gasteiger partial charge in [-0.25, -0.2) is 9.18 Å². The molecule has 1 aromatic heterocycles. The summed E-state index contributed by atoms with van der Waals surface area (Å²) in [7, 11) is 1.64. The summed E-state index contributed by atoms with van der Waals surface area (Å²) in [5.74, 6) is -1.57. The Labute approximate surface area is 226 Å². The predicted molar refractivity (Wildman–Crippen MR) is 140 cm³/mol. The molecule has 2 amide bonds. The van der Waals surface area contributed by atoms with Crippen LogP contribution < -0.4 is 5.32 Å². The fourth-order valence-corrected chi connectivity index (χ4v) is 5.33. The van der Waals surface area contributed by atoms with Gasteiger partial charge in [0.15, 0.2) is 0 Å². The van der Waals surface area contributed by atoms with Crippen molar-refractivity contribution in [1.29, 1.82) is 0 Å². The fourth-order valence-electron chi connectivity index (χ4n) is 5.07. The Morgan fingerprint density at radius 2 is 2.05 bits per heavy atom. The number of hydrogen-bond acceptors (Lipinski definition) is 7.